The predicted octanol–water partition coefficient (Wildman–Crippen LogP) is 5.01. The van der Waals surface area contributed by atoms with Gasteiger partial charge in [-0.2, -0.15) is 5.10 Å². The smallest absolute Gasteiger partial charge is 0.263 e. The lowest BCUT2D eigenvalue weighted by Gasteiger charge is -2.19. The van der Waals surface area contributed by atoms with Gasteiger partial charge in [0.25, 0.3) is 10.0 Å². The zero-order chi connectivity index (χ0) is 22.4. The third kappa shape index (κ3) is 4.13. The molecule has 2 heterocycles. The molecule has 0 atom stereocenters. The number of aryl methyl sites for hydroxylation is 1. The Labute approximate surface area is 186 Å². The fraction of sp³-hybridized carbons (Fsp3) is 0.227. The van der Waals surface area contributed by atoms with E-state index in [0.29, 0.717) is 21.7 Å². The Kier molecular flexibility index (Phi) is 5.23. The van der Waals surface area contributed by atoms with Gasteiger partial charge in [0.2, 0.25) is 0 Å². The fourth-order valence-corrected chi connectivity index (χ4v) is 4.36. The van der Waals surface area contributed by atoms with E-state index in [9.17, 15) is 8.42 Å². The van der Waals surface area contributed by atoms with Crippen LogP contribution in [0.3, 0.4) is 0 Å². The number of fused-ring (bicyclic) bond motifs is 1. The lowest BCUT2D eigenvalue weighted by Crippen LogP contribution is -2.23. The summed E-state index contributed by atoms with van der Waals surface area (Å²) in [7, 11) is -3.89. The zero-order valence-electron chi connectivity index (χ0n) is 17.6. The van der Waals surface area contributed by atoms with Crippen LogP contribution in [0.1, 0.15) is 26.3 Å². The molecule has 4 rings (SSSR count). The van der Waals surface area contributed by atoms with E-state index in [1.165, 1.54) is 30.6 Å². The minimum absolute atomic E-state index is 0.0868. The molecule has 0 aliphatic rings. The number of hydrogen-bond donors (Lipinski definition) is 1. The fourth-order valence-electron chi connectivity index (χ4n) is 3.21. The summed E-state index contributed by atoms with van der Waals surface area (Å²) in [6, 6.07) is 13.8. The largest absolute Gasteiger partial charge is 0.263 e. The highest BCUT2D eigenvalue weighted by Gasteiger charge is 2.26. The molecule has 31 heavy (non-hydrogen) atoms. The van der Waals surface area contributed by atoms with Gasteiger partial charge in [-0.25, -0.2) is 23.1 Å². The lowest BCUT2D eigenvalue weighted by molar-refractivity contribution is 0.367. The van der Waals surface area contributed by atoms with Crippen LogP contribution in [0.5, 0.6) is 0 Å². The van der Waals surface area contributed by atoms with Crippen LogP contribution in [0.25, 0.3) is 22.3 Å². The van der Waals surface area contributed by atoms with Crippen molar-refractivity contribution in [3.05, 3.63) is 65.4 Å². The molecule has 160 valence electrons. The first-order valence-corrected chi connectivity index (χ1v) is 11.5. The lowest BCUT2D eigenvalue weighted by atomic mass is 10.1. The van der Waals surface area contributed by atoms with Crippen LogP contribution >= 0.6 is 11.6 Å². The molecule has 2 aromatic carbocycles. The first kappa shape index (κ1) is 21.3. The number of sulfonamides is 1. The number of nitrogens with zero attached hydrogens (tertiary/aromatic N) is 4. The average Bonchev–Trinajstić information content (AvgIpc) is 3.10. The van der Waals surface area contributed by atoms with Crippen LogP contribution in [0.4, 0.5) is 5.82 Å². The Morgan fingerprint density at radius 3 is 2.23 bits per heavy atom. The summed E-state index contributed by atoms with van der Waals surface area (Å²) in [5, 5.41) is 5.79. The molecule has 0 aliphatic heterocycles. The average molecular weight is 456 g/mol. The summed E-state index contributed by atoms with van der Waals surface area (Å²) in [5.74, 6) is 0.172. The molecular formula is C22H22ClN5O2S. The van der Waals surface area contributed by atoms with E-state index in [1.54, 1.807) is 4.68 Å². The Hall–Kier alpha value is -2.97. The molecule has 0 amide bonds. The maximum Gasteiger partial charge on any atom is 0.263 e. The molecule has 0 fully saturated rings. The molecule has 0 spiro atoms. The predicted molar refractivity (Wildman–Crippen MR) is 123 cm³/mol. The molecule has 0 radical (unpaired) electrons. The van der Waals surface area contributed by atoms with Gasteiger partial charge in [-0.05, 0) is 52.0 Å². The summed E-state index contributed by atoms with van der Waals surface area (Å²) >= 11 is 5.90. The highest BCUT2D eigenvalue weighted by atomic mass is 35.5. The van der Waals surface area contributed by atoms with Gasteiger partial charge in [-0.1, -0.05) is 41.4 Å². The quantitative estimate of drug-likeness (QED) is 0.467. The topological polar surface area (TPSA) is 89.8 Å². The Morgan fingerprint density at radius 2 is 1.61 bits per heavy atom. The maximum absolute atomic E-state index is 13.0. The number of rotatable bonds is 4. The Balaban J connectivity index is 1.93. The van der Waals surface area contributed by atoms with E-state index in [4.69, 9.17) is 16.7 Å². The van der Waals surface area contributed by atoms with Crippen LogP contribution in [-0.2, 0) is 15.6 Å². The summed E-state index contributed by atoms with van der Waals surface area (Å²) in [4.78, 5) is 8.76. The zero-order valence-corrected chi connectivity index (χ0v) is 19.2. The van der Waals surface area contributed by atoms with Crippen molar-refractivity contribution in [2.45, 2.75) is 38.1 Å². The van der Waals surface area contributed by atoms with Gasteiger partial charge in [0.15, 0.2) is 11.5 Å². The molecule has 0 unspecified atom stereocenters. The number of hydrogen-bond acceptors (Lipinski definition) is 5. The first-order valence-electron chi connectivity index (χ1n) is 9.66. The van der Waals surface area contributed by atoms with Gasteiger partial charge in [0, 0.05) is 10.6 Å². The van der Waals surface area contributed by atoms with Gasteiger partial charge in [0.1, 0.15) is 12.0 Å². The summed E-state index contributed by atoms with van der Waals surface area (Å²) in [6.45, 7) is 8.04. The van der Waals surface area contributed by atoms with Crippen molar-refractivity contribution >= 4 is 38.5 Å². The highest BCUT2D eigenvalue weighted by Crippen LogP contribution is 2.35. The Morgan fingerprint density at radius 1 is 0.968 bits per heavy atom. The number of aromatic nitrogens is 4. The standard InChI is InChI=1S/C22H22ClN5O2S/c1-14-5-7-15(8-6-14)19-18-20(24-13-25-21(18)28(26-19)22(2,3)4)27-31(29,30)17-11-9-16(23)10-12-17/h5-13H,1-4H3,(H,24,25,27). The molecule has 4 aromatic rings. The maximum atomic E-state index is 13.0. The van der Waals surface area contributed by atoms with Crippen LogP contribution in [0.15, 0.2) is 59.8 Å². The number of benzene rings is 2. The van der Waals surface area contributed by atoms with E-state index in [-0.39, 0.29) is 16.3 Å². The number of anilines is 1. The van der Waals surface area contributed by atoms with Crippen molar-refractivity contribution in [3.63, 3.8) is 0 Å². The van der Waals surface area contributed by atoms with Crippen molar-refractivity contribution in [1.82, 2.24) is 19.7 Å². The molecule has 0 saturated heterocycles. The van der Waals surface area contributed by atoms with Crippen LogP contribution in [0, 0.1) is 6.92 Å². The second kappa shape index (κ2) is 7.62. The van der Waals surface area contributed by atoms with E-state index in [0.717, 1.165) is 11.1 Å². The molecular weight excluding hydrogens is 434 g/mol. The normalized spacial score (nSPS) is 12.3. The third-order valence-electron chi connectivity index (χ3n) is 4.78. The van der Waals surface area contributed by atoms with E-state index < -0.39 is 10.0 Å². The molecule has 1 N–H and O–H groups in total. The summed E-state index contributed by atoms with van der Waals surface area (Å²) in [6.07, 6.45) is 1.34. The van der Waals surface area contributed by atoms with Crippen molar-refractivity contribution in [2.75, 3.05) is 4.72 Å². The number of halogens is 1. The molecule has 0 bridgehead atoms. The minimum Gasteiger partial charge on any atom is -0.263 e. The monoisotopic (exact) mass is 455 g/mol. The van der Waals surface area contributed by atoms with E-state index in [2.05, 4.69) is 14.7 Å². The van der Waals surface area contributed by atoms with Crippen LogP contribution in [0.2, 0.25) is 5.02 Å². The van der Waals surface area contributed by atoms with Gasteiger partial charge >= 0.3 is 0 Å². The van der Waals surface area contributed by atoms with E-state index in [1.807, 2.05) is 52.0 Å². The minimum atomic E-state index is -3.89. The number of nitrogens with one attached hydrogen (secondary N) is 1. The van der Waals surface area contributed by atoms with Crippen LogP contribution in [-0.4, -0.2) is 28.2 Å². The van der Waals surface area contributed by atoms with Crippen molar-refractivity contribution < 1.29 is 8.42 Å². The van der Waals surface area contributed by atoms with E-state index >= 15 is 0 Å². The van der Waals surface area contributed by atoms with Gasteiger partial charge in [0.05, 0.1) is 15.8 Å². The molecule has 9 heteroatoms. The SMILES string of the molecule is Cc1ccc(-c2nn(C(C)(C)C)c3ncnc(NS(=O)(=O)c4ccc(Cl)cc4)c23)cc1. The molecule has 0 saturated carbocycles. The molecule has 7 nitrogen and oxygen atoms in total. The highest BCUT2D eigenvalue weighted by molar-refractivity contribution is 7.92. The Bertz CT molecular complexity index is 1360. The van der Waals surface area contributed by atoms with Gasteiger partial charge in [-0.15, -0.1) is 0 Å². The second-order valence-electron chi connectivity index (χ2n) is 8.28. The molecule has 0 aliphatic carbocycles. The first-order chi connectivity index (χ1) is 14.6. The summed E-state index contributed by atoms with van der Waals surface area (Å²) < 4.78 is 30.4. The van der Waals surface area contributed by atoms with Crippen molar-refractivity contribution in [1.29, 1.82) is 0 Å². The van der Waals surface area contributed by atoms with Crippen molar-refractivity contribution in [3.8, 4) is 11.3 Å². The molecule has 2 aromatic heterocycles. The van der Waals surface area contributed by atoms with Gasteiger partial charge < -0.3 is 0 Å². The van der Waals surface area contributed by atoms with Crippen molar-refractivity contribution in [2.24, 2.45) is 0 Å². The second-order valence-corrected chi connectivity index (χ2v) is 10.4. The van der Waals surface area contributed by atoms with Crippen LogP contribution < -0.4 is 4.72 Å². The third-order valence-corrected chi connectivity index (χ3v) is 6.39. The summed E-state index contributed by atoms with van der Waals surface area (Å²) in [5.41, 5.74) is 2.75. The van der Waals surface area contributed by atoms with Gasteiger partial charge in [-0.3, -0.25) is 4.72 Å².